The molecule has 3 fully saturated rings. The maximum atomic E-state index is 11.1. The van der Waals surface area contributed by atoms with Gasteiger partial charge in [0.15, 0.2) is 5.78 Å². The van der Waals surface area contributed by atoms with E-state index >= 15 is 0 Å². The predicted octanol–water partition coefficient (Wildman–Crippen LogP) is -0.717. The molecule has 0 bridgehead atoms. The Balaban J connectivity index is 1.90. The fourth-order valence-corrected chi connectivity index (χ4v) is 2.26. The van der Waals surface area contributed by atoms with E-state index in [9.17, 15) is 9.59 Å². The van der Waals surface area contributed by atoms with E-state index in [2.05, 4.69) is 0 Å². The van der Waals surface area contributed by atoms with Gasteiger partial charge in [-0.25, -0.2) is 0 Å². The molecule has 0 aromatic carbocycles. The largest absolute Gasteiger partial charge is 0.481 e. The van der Waals surface area contributed by atoms with Crippen LogP contribution in [0.15, 0.2) is 0 Å². The first kappa shape index (κ1) is 5.71. The Morgan fingerprint density at radius 3 is 2.73 bits per heavy atom. The standard InChI is InChI=1S/C7H6O4/c8-4-1-2(3(1)7(9)10)5-6(4)11-5/h1-3,5-6H,(H,9,10)/t1-,2+,3+,5+,6-/m0/s1. The van der Waals surface area contributed by atoms with Gasteiger partial charge in [-0.05, 0) is 0 Å². The summed E-state index contributed by atoms with van der Waals surface area (Å²) >= 11 is 0. The molecule has 3 rings (SSSR count). The van der Waals surface area contributed by atoms with Crippen molar-refractivity contribution in [1.29, 1.82) is 0 Å². The highest BCUT2D eigenvalue weighted by Gasteiger charge is 2.77. The monoisotopic (exact) mass is 154 g/mol. The van der Waals surface area contributed by atoms with Gasteiger partial charge in [-0.2, -0.15) is 0 Å². The summed E-state index contributed by atoms with van der Waals surface area (Å²) in [5.74, 6) is -1.43. The average molecular weight is 154 g/mol. The number of fused-ring (bicyclic) bond motifs is 3. The molecule has 2 aliphatic carbocycles. The molecule has 5 atom stereocenters. The van der Waals surface area contributed by atoms with E-state index < -0.39 is 11.9 Å². The molecule has 3 aliphatic rings. The second kappa shape index (κ2) is 1.34. The molecule has 1 aliphatic heterocycles. The summed E-state index contributed by atoms with van der Waals surface area (Å²) in [6.45, 7) is 0. The molecule has 2 saturated carbocycles. The number of carbonyl (C=O) groups excluding carboxylic acids is 1. The summed E-state index contributed by atoms with van der Waals surface area (Å²) in [6, 6.07) is 0. The highest BCUT2D eigenvalue weighted by Crippen LogP contribution is 2.63. The van der Waals surface area contributed by atoms with Crippen LogP contribution in [-0.2, 0) is 14.3 Å². The van der Waals surface area contributed by atoms with Crippen LogP contribution in [0.1, 0.15) is 0 Å². The highest BCUT2D eigenvalue weighted by atomic mass is 16.6. The molecule has 0 radical (unpaired) electrons. The summed E-state index contributed by atoms with van der Waals surface area (Å²) in [4.78, 5) is 21.6. The van der Waals surface area contributed by atoms with Crippen LogP contribution in [0.25, 0.3) is 0 Å². The van der Waals surface area contributed by atoms with Crippen molar-refractivity contribution in [2.24, 2.45) is 17.8 Å². The minimum Gasteiger partial charge on any atom is -0.481 e. The number of carbonyl (C=O) groups is 2. The second-order valence-corrected chi connectivity index (χ2v) is 3.39. The van der Waals surface area contributed by atoms with Gasteiger partial charge in [0, 0.05) is 11.8 Å². The molecule has 0 spiro atoms. The summed E-state index contributed by atoms with van der Waals surface area (Å²) in [6.07, 6.45) is -0.255. The van der Waals surface area contributed by atoms with Crippen LogP contribution < -0.4 is 0 Å². The lowest BCUT2D eigenvalue weighted by Crippen LogP contribution is -2.14. The number of ketones is 1. The van der Waals surface area contributed by atoms with Crippen molar-refractivity contribution in [3.8, 4) is 0 Å². The van der Waals surface area contributed by atoms with Gasteiger partial charge in [0.25, 0.3) is 0 Å². The van der Waals surface area contributed by atoms with Crippen molar-refractivity contribution in [3.63, 3.8) is 0 Å². The molecule has 0 aromatic rings. The summed E-state index contributed by atoms with van der Waals surface area (Å²) in [7, 11) is 0. The zero-order valence-corrected chi connectivity index (χ0v) is 5.56. The maximum absolute atomic E-state index is 11.1. The third kappa shape index (κ3) is 0.474. The molecule has 11 heavy (non-hydrogen) atoms. The smallest absolute Gasteiger partial charge is 0.307 e. The second-order valence-electron chi connectivity index (χ2n) is 3.39. The van der Waals surface area contributed by atoms with Gasteiger partial charge in [0.1, 0.15) is 6.10 Å². The molecule has 58 valence electrons. The minimum absolute atomic E-state index is 0.0185. The van der Waals surface area contributed by atoms with Gasteiger partial charge in [0.05, 0.1) is 12.0 Å². The molecule has 4 nitrogen and oxygen atoms in total. The zero-order chi connectivity index (χ0) is 7.75. The van der Waals surface area contributed by atoms with E-state index in [0.717, 1.165) is 0 Å². The number of Topliss-reactive ketones (excluding diaryl/α,β-unsaturated/α-hetero) is 1. The summed E-state index contributed by atoms with van der Waals surface area (Å²) in [5, 5.41) is 8.61. The normalized spacial score (nSPS) is 56.7. The number of hydrogen-bond acceptors (Lipinski definition) is 3. The first-order valence-corrected chi connectivity index (χ1v) is 3.64. The Morgan fingerprint density at radius 2 is 2.27 bits per heavy atom. The number of ether oxygens (including phenoxy) is 1. The van der Waals surface area contributed by atoms with E-state index in [1.807, 2.05) is 0 Å². The Kier molecular flexibility index (Phi) is 0.696. The van der Waals surface area contributed by atoms with E-state index in [0.29, 0.717) is 0 Å². The van der Waals surface area contributed by atoms with Crippen LogP contribution in [0.5, 0.6) is 0 Å². The van der Waals surface area contributed by atoms with Crippen molar-refractivity contribution < 1.29 is 19.4 Å². The molecule has 1 N–H and O–H groups in total. The van der Waals surface area contributed by atoms with Crippen molar-refractivity contribution in [1.82, 2.24) is 0 Å². The van der Waals surface area contributed by atoms with Gasteiger partial charge in [-0.1, -0.05) is 0 Å². The predicted molar refractivity (Wildman–Crippen MR) is 31.8 cm³/mol. The molecule has 0 aromatic heterocycles. The van der Waals surface area contributed by atoms with Gasteiger partial charge in [-0.3, -0.25) is 9.59 Å². The topological polar surface area (TPSA) is 66.9 Å². The highest BCUT2D eigenvalue weighted by molar-refractivity contribution is 6.00. The number of hydrogen-bond donors (Lipinski definition) is 1. The van der Waals surface area contributed by atoms with Crippen molar-refractivity contribution in [2.75, 3.05) is 0 Å². The Hall–Kier alpha value is -0.900. The van der Waals surface area contributed by atoms with Crippen molar-refractivity contribution >= 4 is 11.8 Å². The number of epoxide rings is 1. The SMILES string of the molecule is O=C(O)[C@@H]1[C@H]2C(=O)[C@@H]3O[C@@H]3[C@@H]12. The molecule has 1 heterocycles. The Bertz CT molecular complexity index is 268. The molecule has 4 heteroatoms. The lowest BCUT2D eigenvalue weighted by atomic mass is 10.1. The quantitative estimate of drug-likeness (QED) is 0.506. The molecule has 0 amide bonds. The fraction of sp³-hybridized carbons (Fsp3) is 0.714. The number of carboxylic acids is 1. The fourth-order valence-electron chi connectivity index (χ4n) is 2.26. The van der Waals surface area contributed by atoms with Crippen molar-refractivity contribution in [2.45, 2.75) is 12.2 Å². The first-order chi connectivity index (χ1) is 5.22. The average Bonchev–Trinajstić information content (AvgIpc) is 2.79. The molecule has 1 saturated heterocycles. The van der Waals surface area contributed by atoms with Crippen LogP contribution in [0.3, 0.4) is 0 Å². The Labute approximate surface area is 62.1 Å². The summed E-state index contributed by atoms with van der Waals surface area (Å²) in [5.41, 5.74) is 0. The van der Waals surface area contributed by atoms with Crippen LogP contribution in [0, 0.1) is 17.8 Å². The molecular weight excluding hydrogens is 148 g/mol. The number of aliphatic carboxylic acids is 1. The van der Waals surface area contributed by atoms with Crippen LogP contribution in [-0.4, -0.2) is 29.1 Å². The van der Waals surface area contributed by atoms with E-state index in [4.69, 9.17) is 9.84 Å². The van der Waals surface area contributed by atoms with E-state index in [1.165, 1.54) is 0 Å². The minimum atomic E-state index is -0.845. The van der Waals surface area contributed by atoms with Crippen LogP contribution >= 0.6 is 0 Å². The lowest BCUT2D eigenvalue weighted by Gasteiger charge is -1.90. The zero-order valence-electron chi connectivity index (χ0n) is 5.56. The lowest BCUT2D eigenvalue weighted by molar-refractivity contribution is -0.140. The van der Waals surface area contributed by atoms with E-state index in [1.54, 1.807) is 0 Å². The van der Waals surface area contributed by atoms with Gasteiger partial charge >= 0.3 is 5.97 Å². The van der Waals surface area contributed by atoms with Crippen LogP contribution in [0.4, 0.5) is 0 Å². The number of carboxylic acid groups (broad SMARTS) is 1. The van der Waals surface area contributed by atoms with Gasteiger partial charge in [0.2, 0.25) is 0 Å². The van der Waals surface area contributed by atoms with Gasteiger partial charge in [-0.15, -0.1) is 0 Å². The number of rotatable bonds is 1. The molecular formula is C7H6O4. The third-order valence-electron chi connectivity index (χ3n) is 2.87. The summed E-state index contributed by atoms with van der Waals surface area (Å²) < 4.78 is 4.99. The Morgan fingerprint density at radius 1 is 1.55 bits per heavy atom. The van der Waals surface area contributed by atoms with Gasteiger partial charge < -0.3 is 9.84 Å². The van der Waals surface area contributed by atoms with Crippen molar-refractivity contribution in [3.05, 3.63) is 0 Å². The maximum Gasteiger partial charge on any atom is 0.307 e. The van der Waals surface area contributed by atoms with Crippen LogP contribution in [0.2, 0.25) is 0 Å². The van der Waals surface area contributed by atoms with E-state index in [-0.39, 0.29) is 29.8 Å². The third-order valence-corrected chi connectivity index (χ3v) is 2.87. The first-order valence-electron chi connectivity index (χ1n) is 3.64. The molecule has 0 unspecified atom stereocenters.